The number of hydrogen-bond acceptors (Lipinski definition) is 1. The molecule has 5 heteroatoms. The van der Waals surface area contributed by atoms with Crippen molar-refractivity contribution in [3.05, 3.63) is 47.0 Å². The van der Waals surface area contributed by atoms with Crippen molar-refractivity contribution in [2.75, 3.05) is 0 Å². The molecule has 0 amide bonds. The standard InChI is InChI=1S/C9H8ClF2N.ClH/c1-2-7(13)8-5(11)3-4-6(12)9(8)10;/h2-4,7H,1,13H2;1H/t7-;/m1./s1. The Morgan fingerprint density at radius 1 is 1.36 bits per heavy atom. The van der Waals surface area contributed by atoms with E-state index < -0.39 is 17.7 Å². The van der Waals surface area contributed by atoms with Gasteiger partial charge in [-0.05, 0) is 12.1 Å². The lowest BCUT2D eigenvalue weighted by molar-refractivity contribution is 0.579. The molecule has 0 aliphatic carbocycles. The van der Waals surface area contributed by atoms with E-state index in [1.807, 2.05) is 0 Å². The van der Waals surface area contributed by atoms with Gasteiger partial charge in [0, 0.05) is 5.56 Å². The Kier molecular flexibility index (Phi) is 5.05. The monoisotopic (exact) mass is 239 g/mol. The number of rotatable bonds is 2. The summed E-state index contributed by atoms with van der Waals surface area (Å²) in [5.74, 6) is -1.31. The summed E-state index contributed by atoms with van der Waals surface area (Å²) in [6.07, 6.45) is 1.30. The van der Waals surface area contributed by atoms with Crippen LogP contribution in [-0.2, 0) is 0 Å². The van der Waals surface area contributed by atoms with Gasteiger partial charge in [0.05, 0.1) is 11.1 Å². The number of benzene rings is 1. The minimum Gasteiger partial charge on any atom is -0.321 e. The van der Waals surface area contributed by atoms with E-state index in [0.29, 0.717) is 0 Å². The van der Waals surface area contributed by atoms with Crippen molar-refractivity contribution >= 4 is 24.0 Å². The third-order valence-corrected chi connectivity index (χ3v) is 2.05. The molecule has 1 aromatic carbocycles. The number of hydrogen-bond donors (Lipinski definition) is 1. The molecule has 0 aliphatic heterocycles. The number of halogens is 4. The maximum absolute atomic E-state index is 13.1. The third kappa shape index (κ3) is 2.44. The van der Waals surface area contributed by atoms with E-state index in [1.54, 1.807) is 0 Å². The smallest absolute Gasteiger partial charge is 0.142 e. The summed E-state index contributed by atoms with van der Waals surface area (Å²) in [6.45, 7) is 3.38. The van der Waals surface area contributed by atoms with E-state index in [4.69, 9.17) is 17.3 Å². The van der Waals surface area contributed by atoms with Crippen molar-refractivity contribution in [1.29, 1.82) is 0 Å². The van der Waals surface area contributed by atoms with Gasteiger partial charge in [0.2, 0.25) is 0 Å². The van der Waals surface area contributed by atoms with Crippen LogP contribution in [0.3, 0.4) is 0 Å². The van der Waals surface area contributed by atoms with Gasteiger partial charge in [0.15, 0.2) is 0 Å². The highest BCUT2D eigenvalue weighted by atomic mass is 35.5. The second-order valence-corrected chi connectivity index (χ2v) is 2.90. The van der Waals surface area contributed by atoms with Crippen LogP contribution in [0.2, 0.25) is 5.02 Å². The van der Waals surface area contributed by atoms with Crippen molar-refractivity contribution in [3.63, 3.8) is 0 Å². The topological polar surface area (TPSA) is 26.0 Å². The van der Waals surface area contributed by atoms with Crippen LogP contribution in [0.5, 0.6) is 0 Å². The zero-order valence-corrected chi connectivity index (χ0v) is 8.71. The molecule has 0 spiro atoms. The Bertz CT molecular complexity index is 342. The van der Waals surface area contributed by atoms with E-state index in [-0.39, 0.29) is 23.0 Å². The Morgan fingerprint density at radius 2 is 1.86 bits per heavy atom. The second kappa shape index (κ2) is 5.29. The Morgan fingerprint density at radius 3 is 2.36 bits per heavy atom. The van der Waals surface area contributed by atoms with Crippen LogP contribution in [-0.4, -0.2) is 0 Å². The summed E-state index contributed by atoms with van der Waals surface area (Å²) in [7, 11) is 0. The first-order valence-corrected chi connectivity index (χ1v) is 3.97. The Hall–Kier alpha value is -0.640. The summed E-state index contributed by atoms with van der Waals surface area (Å²) in [5.41, 5.74) is 5.40. The highest BCUT2D eigenvalue weighted by Gasteiger charge is 2.15. The van der Waals surface area contributed by atoms with Crippen LogP contribution >= 0.6 is 24.0 Å². The molecule has 1 atom stereocenters. The largest absolute Gasteiger partial charge is 0.321 e. The molecule has 1 aromatic rings. The average molecular weight is 240 g/mol. The molecule has 14 heavy (non-hydrogen) atoms. The summed E-state index contributed by atoms with van der Waals surface area (Å²) in [6, 6.07) is 1.15. The van der Waals surface area contributed by atoms with Gasteiger partial charge >= 0.3 is 0 Å². The molecule has 0 saturated heterocycles. The van der Waals surface area contributed by atoms with E-state index in [2.05, 4.69) is 6.58 Å². The molecule has 1 nitrogen and oxygen atoms in total. The van der Waals surface area contributed by atoms with Crippen LogP contribution in [0.15, 0.2) is 24.8 Å². The van der Waals surface area contributed by atoms with Gasteiger partial charge in [-0.15, -0.1) is 19.0 Å². The summed E-state index contributed by atoms with van der Waals surface area (Å²) < 4.78 is 26.0. The first-order valence-electron chi connectivity index (χ1n) is 3.59. The van der Waals surface area contributed by atoms with Crippen molar-refractivity contribution in [1.82, 2.24) is 0 Å². The predicted octanol–water partition coefficient (Wildman–Crippen LogP) is 3.23. The molecule has 0 bridgehead atoms. The highest BCUT2D eigenvalue weighted by Crippen LogP contribution is 2.27. The second-order valence-electron chi connectivity index (χ2n) is 2.52. The van der Waals surface area contributed by atoms with Gasteiger partial charge in [0.25, 0.3) is 0 Å². The van der Waals surface area contributed by atoms with Gasteiger partial charge in [0.1, 0.15) is 11.6 Å². The van der Waals surface area contributed by atoms with Crippen LogP contribution in [0.1, 0.15) is 11.6 Å². The van der Waals surface area contributed by atoms with Crippen molar-refractivity contribution in [2.24, 2.45) is 5.73 Å². The summed E-state index contributed by atoms with van der Waals surface area (Å²) in [5, 5.41) is -0.285. The Labute approximate surface area is 92.0 Å². The van der Waals surface area contributed by atoms with Crippen LogP contribution in [0.4, 0.5) is 8.78 Å². The molecule has 0 unspecified atom stereocenters. The lowest BCUT2D eigenvalue weighted by atomic mass is 10.1. The highest BCUT2D eigenvalue weighted by molar-refractivity contribution is 6.31. The van der Waals surface area contributed by atoms with Gasteiger partial charge in [-0.1, -0.05) is 17.7 Å². The fraction of sp³-hybridized carbons (Fsp3) is 0.111. The molecule has 78 valence electrons. The molecule has 0 heterocycles. The molecule has 0 saturated carbocycles. The predicted molar refractivity (Wildman–Crippen MR) is 55.7 cm³/mol. The van der Waals surface area contributed by atoms with Gasteiger partial charge in [-0.3, -0.25) is 0 Å². The Balaban J connectivity index is 0.00000169. The SMILES string of the molecule is C=C[C@@H](N)c1c(F)ccc(F)c1Cl.Cl. The van der Waals surface area contributed by atoms with E-state index in [9.17, 15) is 8.78 Å². The zero-order chi connectivity index (χ0) is 10.0. The summed E-state index contributed by atoms with van der Waals surface area (Å²) >= 11 is 5.53. The molecular formula is C9H9Cl2F2N. The molecule has 0 fully saturated rings. The fourth-order valence-electron chi connectivity index (χ4n) is 0.966. The van der Waals surface area contributed by atoms with Crippen LogP contribution in [0, 0.1) is 11.6 Å². The average Bonchev–Trinajstić information content (AvgIpc) is 2.12. The zero-order valence-electron chi connectivity index (χ0n) is 7.14. The maximum Gasteiger partial charge on any atom is 0.142 e. The minimum absolute atomic E-state index is 0. The van der Waals surface area contributed by atoms with E-state index in [0.717, 1.165) is 12.1 Å². The normalized spacial score (nSPS) is 11.7. The minimum atomic E-state index is -0.789. The van der Waals surface area contributed by atoms with E-state index in [1.165, 1.54) is 6.08 Å². The molecule has 0 aliphatic rings. The lowest BCUT2D eigenvalue weighted by Gasteiger charge is -2.10. The van der Waals surface area contributed by atoms with Crippen molar-refractivity contribution in [2.45, 2.75) is 6.04 Å². The van der Waals surface area contributed by atoms with E-state index >= 15 is 0 Å². The van der Waals surface area contributed by atoms with Crippen LogP contribution in [0.25, 0.3) is 0 Å². The quantitative estimate of drug-likeness (QED) is 0.623. The van der Waals surface area contributed by atoms with Crippen molar-refractivity contribution in [3.8, 4) is 0 Å². The molecule has 1 rings (SSSR count). The lowest BCUT2D eigenvalue weighted by Crippen LogP contribution is -2.10. The van der Waals surface area contributed by atoms with Gasteiger partial charge in [-0.25, -0.2) is 8.78 Å². The van der Waals surface area contributed by atoms with Gasteiger partial charge < -0.3 is 5.73 Å². The van der Waals surface area contributed by atoms with Crippen molar-refractivity contribution < 1.29 is 8.78 Å². The fourth-order valence-corrected chi connectivity index (χ4v) is 1.25. The molecular weight excluding hydrogens is 231 g/mol. The van der Waals surface area contributed by atoms with Crippen LogP contribution < -0.4 is 5.73 Å². The first kappa shape index (κ1) is 13.4. The third-order valence-electron chi connectivity index (χ3n) is 1.67. The van der Waals surface area contributed by atoms with Gasteiger partial charge in [-0.2, -0.15) is 0 Å². The number of nitrogens with two attached hydrogens (primary N) is 1. The molecule has 0 radical (unpaired) electrons. The first-order chi connectivity index (χ1) is 6.07. The maximum atomic E-state index is 13.1. The molecule has 0 aromatic heterocycles. The summed E-state index contributed by atoms with van der Waals surface area (Å²) in [4.78, 5) is 0. The molecule has 2 N–H and O–H groups in total.